The highest BCUT2D eigenvalue weighted by molar-refractivity contribution is 6.00. The fourth-order valence-corrected chi connectivity index (χ4v) is 3.16. The van der Waals surface area contributed by atoms with Crippen LogP contribution in [0.4, 0.5) is 0 Å². The maximum absolute atomic E-state index is 13.1. The standard InChI is InChI=1S/C21H28N2O5/c1-7-23(12-15-9-10-16(28-8-2)17(11-15)26-5)20(24)19-13(3)18(14(4)22-19)21(25)27-6/h9-11,22H,7-8,12H2,1-6H3. The molecule has 152 valence electrons. The summed E-state index contributed by atoms with van der Waals surface area (Å²) in [7, 11) is 2.91. The van der Waals surface area contributed by atoms with Crippen LogP contribution >= 0.6 is 0 Å². The highest BCUT2D eigenvalue weighted by atomic mass is 16.5. The van der Waals surface area contributed by atoms with Gasteiger partial charge in [-0.1, -0.05) is 6.07 Å². The number of nitrogens with one attached hydrogen (secondary N) is 1. The molecule has 0 aliphatic heterocycles. The fourth-order valence-electron chi connectivity index (χ4n) is 3.16. The van der Waals surface area contributed by atoms with Crippen molar-refractivity contribution in [1.29, 1.82) is 0 Å². The van der Waals surface area contributed by atoms with Crippen molar-refractivity contribution in [2.45, 2.75) is 34.2 Å². The van der Waals surface area contributed by atoms with E-state index in [9.17, 15) is 9.59 Å². The molecule has 1 aromatic heterocycles. The molecule has 28 heavy (non-hydrogen) atoms. The van der Waals surface area contributed by atoms with Crippen LogP contribution in [-0.2, 0) is 11.3 Å². The number of carbonyl (C=O) groups is 2. The van der Waals surface area contributed by atoms with Crippen LogP contribution in [-0.4, -0.2) is 49.1 Å². The summed E-state index contributed by atoms with van der Waals surface area (Å²) < 4.78 is 15.8. The minimum absolute atomic E-state index is 0.175. The molecular weight excluding hydrogens is 360 g/mol. The van der Waals surface area contributed by atoms with Gasteiger partial charge >= 0.3 is 5.97 Å². The molecule has 1 N–H and O–H groups in total. The van der Waals surface area contributed by atoms with Crippen LogP contribution in [0.15, 0.2) is 18.2 Å². The zero-order chi connectivity index (χ0) is 20.8. The number of esters is 1. The van der Waals surface area contributed by atoms with Crippen molar-refractivity contribution in [2.24, 2.45) is 0 Å². The van der Waals surface area contributed by atoms with E-state index in [1.165, 1.54) is 7.11 Å². The smallest absolute Gasteiger partial charge is 0.339 e. The van der Waals surface area contributed by atoms with Gasteiger partial charge in [-0.25, -0.2) is 4.79 Å². The van der Waals surface area contributed by atoms with Crippen molar-refractivity contribution in [2.75, 3.05) is 27.4 Å². The molecule has 0 saturated carbocycles. The van der Waals surface area contributed by atoms with Gasteiger partial charge in [0.1, 0.15) is 5.69 Å². The molecule has 1 amide bonds. The molecule has 0 spiro atoms. The number of hydrogen-bond acceptors (Lipinski definition) is 5. The molecule has 2 rings (SSSR count). The minimum atomic E-state index is -0.454. The summed E-state index contributed by atoms with van der Waals surface area (Å²) in [5.74, 6) is 0.667. The summed E-state index contributed by atoms with van der Waals surface area (Å²) in [6.07, 6.45) is 0. The van der Waals surface area contributed by atoms with Crippen molar-refractivity contribution in [3.63, 3.8) is 0 Å². The molecule has 1 aromatic carbocycles. The van der Waals surface area contributed by atoms with Gasteiger partial charge in [0.2, 0.25) is 0 Å². The maximum Gasteiger partial charge on any atom is 0.339 e. The molecule has 1 heterocycles. The molecule has 7 heteroatoms. The van der Waals surface area contributed by atoms with E-state index in [0.29, 0.717) is 53.7 Å². The number of amides is 1. The number of nitrogens with zero attached hydrogens (tertiary/aromatic N) is 1. The molecule has 0 aliphatic carbocycles. The SMILES string of the molecule is CCOc1ccc(CN(CC)C(=O)c2[nH]c(C)c(C(=O)OC)c2C)cc1OC. The molecule has 2 aromatic rings. The van der Waals surface area contributed by atoms with Crippen LogP contribution in [0.5, 0.6) is 11.5 Å². The Balaban J connectivity index is 2.29. The first-order valence-corrected chi connectivity index (χ1v) is 9.24. The Kier molecular flexibility index (Phi) is 7.09. The normalized spacial score (nSPS) is 10.5. The molecule has 7 nitrogen and oxygen atoms in total. The van der Waals surface area contributed by atoms with Gasteiger partial charge in [0, 0.05) is 18.8 Å². The van der Waals surface area contributed by atoms with Gasteiger partial charge in [-0.3, -0.25) is 4.79 Å². The zero-order valence-corrected chi connectivity index (χ0v) is 17.3. The second kappa shape index (κ2) is 9.30. The zero-order valence-electron chi connectivity index (χ0n) is 17.3. The highest BCUT2D eigenvalue weighted by Gasteiger charge is 2.25. The lowest BCUT2D eigenvalue weighted by Gasteiger charge is -2.21. The van der Waals surface area contributed by atoms with Crippen molar-refractivity contribution < 1.29 is 23.8 Å². The van der Waals surface area contributed by atoms with Crippen LogP contribution in [0.1, 0.15) is 51.5 Å². The molecule has 0 unspecified atom stereocenters. The Labute approximate surface area is 165 Å². The molecule has 0 radical (unpaired) electrons. The number of benzene rings is 1. The van der Waals surface area contributed by atoms with Gasteiger partial charge in [0.15, 0.2) is 11.5 Å². The lowest BCUT2D eigenvalue weighted by atomic mass is 10.1. The third-order valence-electron chi connectivity index (χ3n) is 4.61. The predicted molar refractivity (Wildman–Crippen MR) is 106 cm³/mol. The number of carbonyl (C=O) groups excluding carboxylic acids is 2. The average molecular weight is 388 g/mol. The van der Waals surface area contributed by atoms with E-state index in [2.05, 4.69) is 4.98 Å². The topological polar surface area (TPSA) is 80.9 Å². The van der Waals surface area contributed by atoms with Crippen molar-refractivity contribution >= 4 is 11.9 Å². The van der Waals surface area contributed by atoms with E-state index < -0.39 is 5.97 Å². The Morgan fingerprint density at radius 1 is 1.11 bits per heavy atom. The van der Waals surface area contributed by atoms with Crippen LogP contribution in [0.2, 0.25) is 0 Å². The molecule has 0 atom stereocenters. The van der Waals surface area contributed by atoms with E-state index >= 15 is 0 Å². The summed E-state index contributed by atoms with van der Waals surface area (Å²) in [6.45, 7) is 8.79. The number of hydrogen-bond donors (Lipinski definition) is 1. The van der Waals surface area contributed by atoms with E-state index in [-0.39, 0.29) is 5.91 Å². The first-order valence-electron chi connectivity index (χ1n) is 9.24. The average Bonchev–Trinajstić information content (AvgIpc) is 3.00. The Morgan fingerprint density at radius 2 is 1.82 bits per heavy atom. The summed E-state index contributed by atoms with van der Waals surface area (Å²) >= 11 is 0. The van der Waals surface area contributed by atoms with Crippen molar-refractivity contribution in [3.8, 4) is 11.5 Å². The molecule has 0 bridgehead atoms. The summed E-state index contributed by atoms with van der Waals surface area (Å²) in [5, 5.41) is 0. The first kappa shape index (κ1) is 21.3. The second-order valence-electron chi connectivity index (χ2n) is 6.35. The van der Waals surface area contributed by atoms with E-state index in [4.69, 9.17) is 14.2 Å². The number of aromatic amines is 1. The van der Waals surface area contributed by atoms with Gasteiger partial charge in [-0.2, -0.15) is 0 Å². The van der Waals surface area contributed by atoms with E-state index in [0.717, 1.165) is 5.56 Å². The largest absolute Gasteiger partial charge is 0.493 e. The quantitative estimate of drug-likeness (QED) is 0.700. The van der Waals surface area contributed by atoms with Gasteiger partial charge in [0.05, 0.1) is 26.4 Å². The monoisotopic (exact) mass is 388 g/mol. The fraction of sp³-hybridized carbons (Fsp3) is 0.429. The number of H-pyrrole nitrogens is 1. The van der Waals surface area contributed by atoms with Crippen LogP contribution < -0.4 is 9.47 Å². The summed E-state index contributed by atoms with van der Waals surface area (Å²) in [5.41, 5.74) is 2.94. The number of aromatic nitrogens is 1. The van der Waals surface area contributed by atoms with Gasteiger partial charge in [-0.15, -0.1) is 0 Å². The van der Waals surface area contributed by atoms with Crippen molar-refractivity contribution in [3.05, 3.63) is 46.3 Å². The number of ether oxygens (including phenoxy) is 3. The summed E-state index contributed by atoms with van der Waals surface area (Å²) in [4.78, 5) is 29.8. The number of methoxy groups -OCH3 is 2. The van der Waals surface area contributed by atoms with E-state index in [1.54, 1.807) is 25.9 Å². The van der Waals surface area contributed by atoms with Crippen LogP contribution in [0.25, 0.3) is 0 Å². The Hall–Kier alpha value is -2.96. The third kappa shape index (κ3) is 4.30. The van der Waals surface area contributed by atoms with E-state index in [1.807, 2.05) is 32.0 Å². The highest BCUT2D eigenvalue weighted by Crippen LogP contribution is 2.29. The van der Waals surface area contributed by atoms with Crippen LogP contribution in [0.3, 0.4) is 0 Å². The van der Waals surface area contributed by atoms with Gasteiger partial charge in [-0.05, 0) is 51.0 Å². The predicted octanol–water partition coefficient (Wildman–Crippen LogP) is 3.49. The van der Waals surface area contributed by atoms with Crippen LogP contribution in [0, 0.1) is 13.8 Å². The molecular formula is C21H28N2O5. The Bertz CT molecular complexity index is 857. The first-order chi connectivity index (χ1) is 13.4. The van der Waals surface area contributed by atoms with Gasteiger partial charge in [0.25, 0.3) is 5.91 Å². The Morgan fingerprint density at radius 3 is 2.39 bits per heavy atom. The molecule has 0 saturated heterocycles. The van der Waals surface area contributed by atoms with Gasteiger partial charge < -0.3 is 24.1 Å². The minimum Gasteiger partial charge on any atom is -0.493 e. The number of aryl methyl sites for hydroxylation is 1. The summed E-state index contributed by atoms with van der Waals surface area (Å²) in [6, 6.07) is 5.62. The molecule has 0 aliphatic rings. The lowest BCUT2D eigenvalue weighted by Crippen LogP contribution is -2.31. The van der Waals surface area contributed by atoms with Crippen molar-refractivity contribution in [1.82, 2.24) is 9.88 Å². The second-order valence-corrected chi connectivity index (χ2v) is 6.35. The number of rotatable bonds is 8. The lowest BCUT2D eigenvalue weighted by molar-refractivity contribution is 0.0599. The maximum atomic E-state index is 13.1. The molecule has 0 fully saturated rings. The third-order valence-corrected chi connectivity index (χ3v) is 4.61.